The second kappa shape index (κ2) is 8.96. The predicted molar refractivity (Wildman–Crippen MR) is 123 cm³/mol. The maximum absolute atomic E-state index is 12.9. The molecule has 1 atom stereocenters. The summed E-state index contributed by atoms with van der Waals surface area (Å²) in [6.45, 7) is 4.42. The van der Waals surface area contributed by atoms with Crippen molar-refractivity contribution in [1.29, 1.82) is 0 Å². The maximum Gasteiger partial charge on any atom is 0.231 e. The molecule has 0 aliphatic carbocycles. The molecule has 3 heterocycles. The Morgan fingerprint density at radius 1 is 0.969 bits per heavy atom. The van der Waals surface area contributed by atoms with Gasteiger partial charge in [-0.1, -0.05) is 60.7 Å². The minimum atomic E-state index is -0.402. The van der Waals surface area contributed by atoms with Gasteiger partial charge in [0.1, 0.15) is 5.82 Å². The molecule has 3 aromatic rings. The molecule has 0 bridgehead atoms. The first kappa shape index (κ1) is 20.5. The quantitative estimate of drug-likeness (QED) is 0.677. The molecule has 1 N–H and O–H groups in total. The summed E-state index contributed by atoms with van der Waals surface area (Å²) in [5.41, 5.74) is 3.20. The molecule has 2 amide bonds. The Morgan fingerprint density at radius 3 is 2.38 bits per heavy atom. The lowest BCUT2D eigenvalue weighted by Gasteiger charge is -2.35. The monoisotopic (exact) mass is 429 g/mol. The van der Waals surface area contributed by atoms with Crippen molar-refractivity contribution in [1.82, 2.24) is 19.6 Å². The van der Waals surface area contributed by atoms with Crippen LogP contribution in [0.25, 0.3) is 11.1 Å². The first-order valence-corrected chi connectivity index (χ1v) is 11.1. The third-order valence-electron chi connectivity index (χ3n) is 6.32. The highest BCUT2D eigenvalue weighted by Gasteiger charge is 2.32. The van der Waals surface area contributed by atoms with Gasteiger partial charge in [-0.3, -0.25) is 14.5 Å². The molecule has 1 fully saturated rings. The molecule has 164 valence electrons. The zero-order chi connectivity index (χ0) is 21.9. The number of fused-ring (bicyclic) bond motifs is 1. The van der Waals surface area contributed by atoms with Crippen LogP contribution in [-0.4, -0.2) is 57.6 Å². The lowest BCUT2D eigenvalue weighted by Crippen LogP contribution is -2.49. The topological polar surface area (TPSA) is 70.5 Å². The van der Waals surface area contributed by atoms with E-state index in [-0.39, 0.29) is 18.2 Å². The molecule has 1 aromatic heterocycles. The van der Waals surface area contributed by atoms with E-state index in [1.165, 1.54) is 5.56 Å². The Kier molecular flexibility index (Phi) is 5.73. The summed E-state index contributed by atoms with van der Waals surface area (Å²) in [5, 5.41) is 7.44. The fourth-order valence-electron chi connectivity index (χ4n) is 4.49. The van der Waals surface area contributed by atoms with Crippen LogP contribution in [0.1, 0.15) is 12.0 Å². The number of carbonyl (C=O) groups is 2. The van der Waals surface area contributed by atoms with Gasteiger partial charge in [-0.15, -0.1) is 0 Å². The van der Waals surface area contributed by atoms with Crippen LogP contribution in [0, 0.1) is 5.92 Å². The number of benzene rings is 2. The molecule has 2 aliphatic rings. The van der Waals surface area contributed by atoms with E-state index in [9.17, 15) is 9.59 Å². The van der Waals surface area contributed by atoms with Crippen LogP contribution < -0.4 is 5.32 Å². The van der Waals surface area contributed by atoms with Gasteiger partial charge in [0.25, 0.3) is 0 Å². The summed E-state index contributed by atoms with van der Waals surface area (Å²) in [7, 11) is 0. The van der Waals surface area contributed by atoms with Gasteiger partial charge in [-0.2, -0.15) is 5.10 Å². The molecule has 7 heteroatoms. The Balaban J connectivity index is 1.17. The highest BCUT2D eigenvalue weighted by Crippen LogP contribution is 2.32. The molecule has 0 saturated carbocycles. The standard InChI is InChI=1S/C25H27N5O2/c31-23(29-13-11-28(12-14-29)17-19-7-3-1-4-8-19)15-21-18-30-24(27-25(21)32)22(16-26-30)20-9-5-2-6-10-20/h1-10,16,21H,11-15,17-18H2,(H,27,32)/t21-/m0/s1. The summed E-state index contributed by atoms with van der Waals surface area (Å²) in [4.78, 5) is 30.0. The fourth-order valence-corrected chi connectivity index (χ4v) is 4.49. The number of rotatable bonds is 5. The normalized spacial score (nSPS) is 18.8. The maximum atomic E-state index is 12.9. The van der Waals surface area contributed by atoms with Gasteiger partial charge in [-0.05, 0) is 11.1 Å². The number of hydrogen-bond acceptors (Lipinski definition) is 4. The van der Waals surface area contributed by atoms with Crippen LogP contribution in [0.2, 0.25) is 0 Å². The Bertz CT molecular complexity index is 1090. The number of carbonyl (C=O) groups excluding carboxylic acids is 2. The highest BCUT2D eigenvalue weighted by atomic mass is 16.2. The number of piperazine rings is 1. The second-order valence-electron chi connectivity index (χ2n) is 8.49. The summed E-state index contributed by atoms with van der Waals surface area (Å²) < 4.78 is 1.81. The van der Waals surface area contributed by atoms with Crippen LogP contribution in [0.4, 0.5) is 5.82 Å². The molecule has 7 nitrogen and oxygen atoms in total. The SMILES string of the molecule is O=C1Nc2c(-c3ccccc3)cnn2C[C@@H]1CC(=O)N1CCN(Cc2ccccc2)CC1. The molecule has 0 spiro atoms. The fraction of sp³-hybridized carbons (Fsp3) is 0.320. The molecule has 0 radical (unpaired) electrons. The van der Waals surface area contributed by atoms with Crippen molar-refractivity contribution in [3.8, 4) is 11.1 Å². The third-order valence-corrected chi connectivity index (χ3v) is 6.32. The highest BCUT2D eigenvalue weighted by molar-refractivity contribution is 5.98. The first-order valence-electron chi connectivity index (χ1n) is 11.1. The van der Waals surface area contributed by atoms with Crippen LogP contribution in [0.15, 0.2) is 66.9 Å². The average molecular weight is 430 g/mol. The lowest BCUT2D eigenvalue weighted by molar-refractivity contribution is -0.137. The summed E-state index contributed by atoms with van der Waals surface area (Å²) in [5.74, 6) is 0.245. The largest absolute Gasteiger partial charge is 0.340 e. The van der Waals surface area contributed by atoms with Crippen molar-refractivity contribution >= 4 is 17.6 Å². The van der Waals surface area contributed by atoms with E-state index >= 15 is 0 Å². The van der Waals surface area contributed by atoms with E-state index in [4.69, 9.17) is 0 Å². The van der Waals surface area contributed by atoms with E-state index in [1.807, 2.05) is 41.3 Å². The summed E-state index contributed by atoms with van der Waals surface area (Å²) >= 11 is 0. The minimum Gasteiger partial charge on any atom is -0.340 e. The molecular formula is C25H27N5O2. The number of nitrogens with zero attached hydrogens (tertiary/aromatic N) is 4. The van der Waals surface area contributed by atoms with Crippen molar-refractivity contribution in [2.75, 3.05) is 31.5 Å². The Morgan fingerprint density at radius 2 is 1.66 bits per heavy atom. The van der Waals surface area contributed by atoms with Gasteiger partial charge in [0, 0.05) is 44.7 Å². The van der Waals surface area contributed by atoms with Gasteiger partial charge >= 0.3 is 0 Å². The third kappa shape index (κ3) is 4.29. The Labute approximate surface area is 187 Å². The average Bonchev–Trinajstić information content (AvgIpc) is 3.23. The van der Waals surface area contributed by atoms with E-state index < -0.39 is 5.92 Å². The van der Waals surface area contributed by atoms with Gasteiger partial charge in [0.2, 0.25) is 11.8 Å². The number of aromatic nitrogens is 2. The second-order valence-corrected chi connectivity index (χ2v) is 8.49. The minimum absolute atomic E-state index is 0.0448. The van der Waals surface area contributed by atoms with Crippen molar-refractivity contribution in [2.24, 2.45) is 5.92 Å². The van der Waals surface area contributed by atoms with Crippen molar-refractivity contribution < 1.29 is 9.59 Å². The molecule has 2 aliphatic heterocycles. The molecule has 5 rings (SSSR count). The smallest absolute Gasteiger partial charge is 0.231 e. The molecule has 1 saturated heterocycles. The Hall–Kier alpha value is -3.45. The molecule has 2 aromatic carbocycles. The van der Waals surface area contributed by atoms with Crippen molar-refractivity contribution in [2.45, 2.75) is 19.5 Å². The van der Waals surface area contributed by atoms with Gasteiger partial charge in [0.05, 0.1) is 18.7 Å². The molecule has 0 unspecified atom stereocenters. The number of amides is 2. The predicted octanol–water partition coefficient (Wildman–Crippen LogP) is 2.85. The molecule has 32 heavy (non-hydrogen) atoms. The van der Waals surface area contributed by atoms with E-state index in [1.54, 1.807) is 10.9 Å². The van der Waals surface area contributed by atoms with Gasteiger partial charge in [0.15, 0.2) is 0 Å². The lowest BCUT2D eigenvalue weighted by atomic mass is 10.0. The number of anilines is 1. The van der Waals surface area contributed by atoms with Crippen molar-refractivity contribution in [3.05, 3.63) is 72.4 Å². The first-order chi connectivity index (χ1) is 15.7. The summed E-state index contributed by atoms with van der Waals surface area (Å²) in [6.07, 6.45) is 1.99. The van der Waals surface area contributed by atoms with Crippen LogP contribution in [0.5, 0.6) is 0 Å². The van der Waals surface area contributed by atoms with Crippen LogP contribution in [-0.2, 0) is 22.7 Å². The van der Waals surface area contributed by atoms with Crippen LogP contribution in [0.3, 0.4) is 0 Å². The number of hydrogen-bond donors (Lipinski definition) is 1. The van der Waals surface area contributed by atoms with E-state index in [0.29, 0.717) is 25.5 Å². The van der Waals surface area contributed by atoms with E-state index in [2.05, 4.69) is 39.6 Å². The molecular weight excluding hydrogens is 402 g/mol. The van der Waals surface area contributed by atoms with Gasteiger partial charge < -0.3 is 10.2 Å². The zero-order valence-corrected chi connectivity index (χ0v) is 18.0. The zero-order valence-electron chi connectivity index (χ0n) is 18.0. The summed E-state index contributed by atoms with van der Waals surface area (Å²) in [6, 6.07) is 20.3. The van der Waals surface area contributed by atoms with Gasteiger partial charge in [-0.25, -0.2) is 4.68 Å². The number of nitrogens with one attached hydrogen (secondary N) is 1. The van der Waals surface area contributed by atoms with E-state index in [0.717, 1.165) is 30.8 Å². The van der Waals surface area contributed by atoms with Crippen molar-refractivity contribution in [3.63, 3.8) is 0 Å². The van der Waals surface area contributed by atoms with Crippen LogP contribution >= 0.6 is 0 Å².